The molecular formula is C15H15FN2O. The van der Waals surface area contributed by atoms with Crippen LogP contribution < -0.4 is 11.1 Å². The quantitative estimate of drug-likeness (QED) is 0.827. The van der Waals surface area contributed by atoms with Crippen molar-refractivity contribution in [3.8, 4) is 0 Å². The Labute approximate surface area is 111 Å². The molecule has 0 aliphatic rings. The van der Waals surface area contributed by atoms with Gasteiger partial charge in [-0.1, -0.05) is 30.3 Å². The van der Waals surface area contributed by atoms with Crippen LogP contribution in [-0.2, 0) is 6.42 Å². The summed E-state index contributed by atoms with van der Waals surface area (Å²) in [6, 6.07) is 13.6. The molecule has 0 fully saturated rings. The summed E-state index contributed by atoms with van der Waals surface area (Å²) >= 11 is 0. The molecule has 19 heavy (non-hydrogen) atoms. The molecule has 2 aromatic rings. The molecule has 0 heterocycles. The monoisotopic (exact) mass is 258 g/mol. The standard InChI is InChI=1S/C15H15FN2O/c16-12-6-7-14(17)13(10-12)15(19)18-9-8-11-4-2-1-3-5-11/h1-7,10H,8-9,17H2,(H,18,19). The lowest BCUT2D eigenvalue weighted by Crippen LogP contribution is -2.26. The molecule has 0 spiro atoms. The van der Waals surface area contributed by atoms with E-state index < -0.39 is 5.82 Å². The maximum atomic E-state index is 13.1. The van der Waals surface area contributed by atoms with Gasteiger partial charge in [0.2, 0.25) is 0 Å². The van der Waals surface area contributed by atoms with E-state index in [1.54, 1.807) is 0 Å². The molecule has 0 saturated carbocycles. The van der Waals surface area contributed by atoms with Gasteiger partial charge >= 0.3 is 0 Å². The van der Waals surface area contributed by atoms with Gasteiger partial charge in [-0.3, -0.25) is 4.79 Å². The molecule has 0 aliphatic heterocycles. The largest absolute Gasteiger partial charge is 0.398 e. The number of nitrogens with two attached hydrogens (primary N) is 1. The van der Waals surface area contributed by atoms with Crippen molar-refractivity contribution in [1.82, 2.24) is 5.32 Å². The smallest absolute Gasteiger partial charge is 0.253 e. The van der Waals surface area contributed by atoms with Gasteiger partial charge in [0.1, 0.15) is 5.82 Å². The Morgan fingerprint density at radius 2 is 1.89 bits per heavy atom. The molecule has 0 aromatic heterocycles. The van der Waals surface area contributed by atoms with Crippen molar-refractivity contribution < 1.29 is 9.18 Å². The summed E-state index contributed by atoms with van der Waals surface area (Å²) in [5.41, 5.74) is 7.23. The van der Waals surface area contributed by atoms with E-state index in [0.717, 1.165) is 18.1 Å². The number of hydrogen-bond donors (Lipinski definition) is 2. The van der Waals surface area contributed by atoms with Gasteiger partial charge in [-0.05, 0) is 30.2 Å². The molecule has 0 radical (unpaired) electrons. The van der Waals surface area contributed by atoms with E-state index in [1.165, 1.54) is 12.1 Å². The molecule has 98 valence electrons. The Kier molecular flexibility index (Phi) is 4.13. The molecule has 3 nitrogen and oxygen atoms in total. The predicted molar refractivity (Wildman–Crippen MR) is 73.3 cm³/mol. The number of hydrogen-bond acceptors (Lipinski definition) is 2. The first-order valence-corrected chi connectivity index (χ1v) is 6.04. The molecule has 0 saturated heterocycles. The number of rotatable bonds is 4. The lowest BCUT2D eigenvalue weighted by molar-refractivity contribution is 0.0954. The van der Waals surface area contributed by atoms with Gasteiger partial charge in [0.25, 0.3) is 5.91 Å². The predicted octanol–water partition coefficient (Wildman–Crippen LogP) is 2.38. The van der Waals surface area contributed by atoms with Crippen molar-refractivity contribution in [2.45, 2.75) is 6.42 Å². The zero-order valence-corrected chi connectivity index (χ0v) is 10.4. The fourth-order valence-electron chi connectivity index (χ4n) is 1.79. The Balaban J connectivity index is 1.93. The van der Waals surface area contributed by atoms with E-state index in [2.05, 4.69) is 5.32 Å². The van der Waals surface area contributed by atoms with Gasteiger partial charge in [-0.2, -0.15) is 0 Å². The van der Waals surface area contributed by atoms with E-state index in [4.69, 9.17) is 5.73 Å². The molecule has 0 bridgehead atoms. The normalized spacial score (nSPS) is 10.2. The maximum Gasteiger partial charge on any atom is 0.253 e. The van der Waals surface area contributed by atoms with E-state index in [0.29, 0.717) is 6.54 Å². The van der Waals surface area contributed by atoms with E-state index in [-0.39, 0.29) is 17.2 Å². The van der Waals surface area contributed by atoms with Crippen molar-refractivity contribution in [3.63, 3.8) is 0 Å². The summed E-state index contributed by atoms with van der Waals surface area (Å²) in [4.78, 5) is 11.9. The van der Waals surface area contributed by atoms with Crippen molar-refractivity contribution >= 4 is 11.6 Å². The third-order valence-corrected chi connectivity index (χ3v) is 2.80. The van der Waals surface area contributed by atoms with Crippen LogP contribution in [0.5, 0.6) is 0 Å². The Hall–Kier alpha value is -2.36. The lowest BCUT2D eigenvalue weighted by atomic mass is 10.1. The van der Waals surface area contributed by atoms with Gasteiger partial charge in [0, 0.05) is 12.2 Å². The van der Waals surface area contributed by atoms with Gasteiger partial charge in [-0.15, -0.1) is 0 Å². The van der Waals surface area contributed by atoms with E-state index in [9.17, 15) is 9.18 Å². The third kappa shape index (κ3) is 3.55. The third-order valence-electron chi connectivity index (χ3n) is 2.80. The van der Waals surface area contributed by atoms with Crippen LogP contribution in [0.15, 0.2) is 48.5 Å². The molecule has 0 atom stereocenters. The van der Waals surface area contributed by atoms with Crippen LogP contribution in [0.2, 0.25) is 0 Å². The highest BCUT2D eigenvalue weighted by molar-refractivity contribution is 5.99. The molecule has 4 heteroatoms. The summed E-state index contributed by atoms with van der Waals surface area (Å²) in [6.07, 6.45) is 0.724. The zero-order valence-electron chi connectivity index (χ0n) is 10.4. The summed E-state index contributed by atoms with van der Waals surface area (Å²) in [5, 5.41) is 2.73. The number of amides is 1. The second-order valence-electron chi connectivity index (χ2n) is 4.22. The number of carbonyl (C=O) groups excluding carboxylic acids is 1. The topological polar surface area (TPSA) is 55.1 Å². The van der Waals surface area contributed by atoms with E-state index >= 15 is 0 Å². The highest BCUT2D eigenvalue weighted by atomic mass is 19.1. The number of benzene rings is 2. The van der Waals surface area contributed by atoms with Crippen molar-refractivity contribution in [3.05, 3.63) is 65.5 Å². The van der Waals surface area contributed by atoms with Gasteiger partial charge < -0.3 is 11.1 Å². The molecule has 0 unspecified atom stereocenters. The summed E-state index contributed by atoms with van der Waals surface area (Å²) in [7, 11) is 0. The van der Waals surface area contributed by atoms with Gasteiger partial charge in [0.15, 0.2) is 0 Å². The Bertz CT molecular complexity index is 570. The number of halogens is 1. The number of nitrogens with one attached hydrogen (secondary N) is 1. The molecule has 3 N–H and O–H groups in total. The van der Waals surface area contributed by atoms with Crippen molar-refractivity contribution in [1.29, 1.82) is 0 Å². The van der Waals surface area contributed by atoms with Crippen LogP contribution >= 0.6 is 0 Å². The summed E-state index contributed by atoms with van der Waals surface area (Å²) < 4.78 is 13.1. The van der Waals surface area contributed by atoms with Gasteiger partial charge in [-0.25, -0.2) is 4.39 Å². The molecule has 0 aliphatic carbocycles. The average molecular weight is 258 g/mol. The number of carbonyl (C=O) groups is 1. The van der Waals surface area contributed by atoms with Crippen LogP contribution in [0.1, 0.15) is 15.9 Å². The first-order chi connectivity index (χ1) is 9.16. The molecule has 2 rings (SSSR count). The minimum Gasteiger partial charge on any atom is -0.398 e. The maximum absolute atomic E-state index is 13.1. The number of nitrogen functional groups attached to an aromatic ring is 1. The summed E-state index contributed by atoms with van der Waals surface area (Å²) in [6.45, 7) is 0.485. The first-order valence-electron chi connectivity index (χ1n) is 6.04. The second-order valence-corrected chi connectivity index (χ2v) is 4.22. The second kappa shape index (κ2) is 6.00. The highest BCUT2D eigenvalue weighted by Crippen LogP contribution is 2.13. The van der Waals surface area contributed by atoms with Crippen LogP contribution in [-0.4, -0.2) is 12.5 Å². The Morgan fingerprint density at radius 1 is 1.16 bits per heavy atom. The highest BCUT2D eigenvalue weighted by Gasteiger charge is 2.10. The minimum atomic E-state index is -0.470. The summed E-state index contributed by atoms with van der Waals surface area (Å²) in [5.74, 6) is -0.824. The van der Waals surface area contributed by atoms with E-state index in [1.807, 2.05) is 30.3 Å². The van der Waals surface area contributed by atoms with Crippen molar-refractivity contribution in [2.75, 3.05) is 12.3 Å². The van der Waals surface area contributed by atoms with Crippen LogP contribution in [0.3, 0.4) is 0 Å². The van der Waals surface area contributed by atoms with Crippen LogP contribution in [0.25, 0.3) is 0 Å². The Morgan fingerprint density at radius 3 is 2.63 bits per heavy atom. The van der Waals surface area contributed by atoms with Gasteiger partial charge in [0.05, 0.1) is 5.56 Å². The fourth-order valence-corrected chi connectivity index (χ4v) is 1.79. The fraction of sp³-hybridized carbons (Fsp3) is 0.133. The molecule has 2 aromatic carbocycles. The molecule has 1 amide bonds. The van der Waals surface area contributed by atoms with Crippen LogP contribution in [0, 0.1) is 5.82 Å². The SMILES string of the molecule is Nc1ccc(F)cc1C(=O)NCCc1ccccc1. The minimum absolute atomic E-state index is 0.174. The molecular weight excluding hydrogens is 243 g/mol. The number of anilines is 1. The average Bonchev–Trinajstić information content (AvgIpc) is 2.42. The van der Waals surface area contributed by atoms with Crippen LogP contribution in [0.4, 0.5) is 10.1 Å². The lowest BCUT2D eigenvalue weighted by Gasteiger charge is -2.07. The van der Waals surface area contributed by atoms with Crippen molar-refractivity contribution in [2.24, 2.45) is 0 Å². The first kappa shape index (κ1) is 13.1. The zero-order chi connectivity index (χ0) is 13.7.